The first kappa shape index (κ1) is 13.0. The van der Waals surface area contributed by atoms with Crippen LogP contribution in [0, 0.1) is 18.2 Å². The molecule has 1 rings (SSSR count). The number of aryl methyl sites for hydroxylation is 1. The van der Waals surface area contributed by atoms with Crippen molar-refractivity contribution in [3.05, 3.63) is 29.6 Å². The van der Waals surface area contributed by atoms with E-state index in [9.17, 15) is 9.18 Å². The lowest BCUT2D eigenvalue weighted by Crippen LogP contribution is -2.32. The van der Waals surface area contributed by atoms with E-state index in [1.165, 1.54) is 12.1 Å². The van der Waals surface area contributed by atoms with Crippen molar-refractivity contribution in [2.45, 2.75) is 20.8 Å². The lowest BCUT2D eigenvalue weighted by Gasteiger charge is -2.21. The molecular weight excluding hydrogens is 229 g/mol. The predicted molar refractivity (Wildman–Crippen MR) is 64.3 cm³/mol. The van der Waals surface area contributed by atoms with E-state index in [0.717, 1.165) is 5.56 Å². The maximum Gasteiger partial charge on any atom is 0.231 e. The second-order valence-corrected chi connectivity index (χ2v) is 4.70. The summed E-state index contributed by atoms with van der Waals surface area (Å²) >= 11 is 5.69. The van der Waals surface area contributed by atoms with Crippen LogP contribution in [0.25, 0.3) is 0 Å². The van der Waals surface area contributed by atoms with Gasteiger partial charge in [-0.3, -0.25) is 4.79 Å². The summed E-state index contributed by atoms with van der Waals surface area (Å²) < 4.78 is 13.0. The van der Waals surface area contributed by atoms with E-state index in [4.69, 9.17) is 11.6 Å². The molecule has 0 fully saturated rings. The van der Waals surface area contributed by atoms with Gasteiger partial charge in [-0.2, -0.15) is 0 Å². The Morgan fingerprint density at radius 1 is 1.50 bits per heavy atom. The molecule has 16 heavy (non-hydrogen) atoms. The Kier molecular flexibility index (Phi) is 3.92. The molecule has 0 spiro atoms. The van der Waals surface area contributed by atoms with Crippen LogP contribution in [0.1, 0.15) is 19.4 Å². The Hall–Kier alpha value is -1.09. The average molecular weight is 244 g/mol. The Morgan fingerprint density at radius 2 is 2.12 bits per heavy atom. The van der Waals surface area contributed by atoms with Crippen LogP contribution < -0.4 is 5.32 Å². The van der Waals surface area contributed by atoms with Crippen molar-refractivity contribution >= 4 is 23.2 Å². The Labute approximate surface area is 99.8 Å². The Balaban J connectivity index is 2.89. The topological polar surface area (TPSA) is 29.1 Å². The second-order valence-electron chi connectivity index (χ2n) is 4.43. The number of benzene rings is 1. The molecule has 0 radical (unpaired) electrons. The van der Waals surface area contributed by atoms with Crippen molar-refractivity contribution in [2.75, 3.05) is 11.2 Å². The molecule has 0 aliphatic heterocycles. The Morgan fingerprint density at radius 3 is 2.69 bits per heavy atom. The van der Waals surface area contributed by atoms with Gasteiger partial charge < -0.3 is 5.32 Å². The molecule has 0 saturated carbocycles. The van der Waals surface area contributed by atoms with Gasteiger partial charge in [0.15, 0.2) is 0 Å². The number of rotatable bonds is 3. The third-order valence-electron chi connectivity index (χ3n) is 2.40. The van der Waals surface area contributed by atoms with E-state index in [-0.39, 0.29) is 17.6 Å². The monoisotopic (exact) mass is 243 g/mol. The van der Waals surface area contributed by atoms with Gasteiger partial charge in [0.1, 0.15) is 5.82 Å². The number of hydrogen-bond acceptors (Lipinski definition) is 1. The third kappa shape index (κ3) is 2.95. The third-order valence-corrected chi connectivity index (χ3v) is 3.06. The zero-order valence-electron chi connectivity index (χ0n) is 9.60. The second kappa shape index (κ2) is 4.83. The molecule has 1 amide bonds. The lowest BCUT2D eigenvalue weighted by atomic mass is 9.95. The molecule has 2 nitrogen and oxygen atoms in total. The molecule has 1 aromatic rings. The summed E-state index contributed by atoms with van der Waals surface area (Å²) in [6.07, 6.45) is 0. The van der Waals surface area contributed by atoms with Gasteiger partial charge in [0.2, 0.25) is 5.91 Å². The van der Waals surface area contributed by atoms with Crippen LogP contribution in [0.2, 0.25) is 0 Å². The molecule has 0 heterocycles. The number of hydrogen-bond donors (Lipinski definition) is 1. The molecule has 0 aliphatic carbocycles. The number of carbonyl (C=O) groups excluding carboxylic acids is 1. The minimum atomic E-state index is -0.666. The summed E-state index contributed by atoms with van der Waals surface area (Å²) in [6, 6.07) is 4.29. The molecule has 1 aromatic carbocycles. The lowest BCUT2D eigenvalue weighted by molar-refractivity contribution is -0.122. The molecule has 4 heteroatoms. The van der Waals surface area contributed by atoms with E-state index in [0.29, 0.717) is 5.69 Å². The molecule has 0 atom stereocenters. The van der Waals surface area contributed by atoms with E-state index in [2.05, 4.69) is 5.32 Å². The molecule has 0 aromatic heterocycles. The number of carbonyl (C=O) groups is 1. The number of halogens is 2. The highest BCUT2D eigenvalue weighted by Gasteiger charge is 2.26. The van der Waals surface area contributed by atoms with Crippen LogP contribution in [0.3, 0.4) is 0 Å². The highest BCUT2D eigenvalue weighted by atomic mass is 35.5. The van der Waals surface area contributed by atoms with E-state index >= 15 is 0 Å². The maximum atomic E-state index is 13.0. The van der Waals surface area contributed by atoms with Crippen molar-refractivity contribution in [1.82, 2.24) is 0 Å². The van der Waals surface area contributed by atoms with E-state index < -0.39 is 5.41 Å². The number of nitrogens with one attached hydrogen (secondary N) is 1. The Bertz CT molecular complexity index is 404. The van der Waals surface area contributed by atoms with E-state index in [1.807, 2.05) is 6.92 Å². The highest BCUT2D eigenvalue weighted by Crippen LogP contribution is 2.22. The van der Waals surface area contributed by atoms with Crippen LogP contribution in [-0.2, 0) is 4.79 Å². The van der Waals surface area contributed by atoms with Crippen LogP contribution >= 0.6 is 11.6 Å². The first-order valence-electron chi connectivity index (χ1n) is 5.00. The first-order chi connectivity index (χ1) is 7.36. The average Bonchev–Trinajstić information content (AvgIpc) is 2.23. The molecule has 0 aliphatic rings. The van der Waals surface area contributed by atoms with Gasteiger partial charge in [0.05, 0.1) is 5.41 Å². The van der Waals surface area contributed by atoms with E-state index in [1.54, 1.807) is 19.9 Å². The van der Waals surface area contributed by atoms with Gasteiger partial charge in [-0.1, -0.05) is 6.07 Å². The quantitative estimate of drug-likeness (QED) is 0.811. The highest BCUT2D eigenvalue weighted by molar-refractivity contribution is 6.20. The molecule has 88 valence electrons. The molecular formula is C12H15ClFNO. The summed E-state index contributed by atoms with van der Waals surface area (Å²) in [5.74, 6) is -0.367. The zero-order valence-corrected chi connectivity index (χ0v) is 10.4. The first-order valence-corrected chi connectivity index (χ1v) is 5.54. The van der Waals surface area contributed by atoms with Gasteiger partial charge in [-0.05, 0) is 38.5 Å². The number of amides is 1. The molecule has 0 unspecified atom stereocenters. The molecule has 1 N–H and O–H groups in total. The summed E-state index contributed by atoms with van der Waals surface area (Å²) in [7, 11) is 0. The summed E-state index contributed by atoms with van der Waals surface area (Å²) in [5.41, 5.74) is 0.642. The molecule has 0 bridgehead atoms. The van der Waals surface area contributed by atoms with Crippen LogP contribution in [-0.4, -0.2) is 11.8 Å². The van der Waals surface area contributed by atoms with Crippen LogP contribution in [0.15, 0.2) is 18.2 Å². The largest absolute Gasteiger partial charge is 0.325 e. The fraction of sp³-hybridized carbons (Fsp3) is 0.417. The standard InChI is InChI=1S/C12H15ClFNO/c1-8-4-5-9(14)6-10(8)15-11(16)12(2,3)7-13/h4-6H,7H2,1-3H3,(H,15,16). The maximum absolute atomic E-state index is 13.0. The van der Waals surface area contributed by atoms with Crippen LogP contribution in [0.5, 0.6) is 0 Å². The number of alkyl halides is 1. The van der Waals surface area contributed by atoms with Crippen molar-refractivity contribution in [1.29, 1.82) is 0 Å². The van der Waals surface area contributed by atoms with Crippen molar-refractivity contribution in [3.63, 3.8) is 0 Å². The summed E-state index contributed by atoms with van der Waals surface area (Å²) in [4.78, 5) is 11.8. The van der Waals surface area contributed by atoms with Crippen molar-refractivity contribution in [3.8, 4) is 0 Å². The normalized spacial score (nSPS) is 11.3. The fourth-order valence-corrected chi connectivity index (χ4v) is 1.20. The van der Waals surface area contributed by atoms with Crippen molar-refractivity contribution in [2.24, 2.45) is 5.41 Å². The van der Waals surface area contributed by atoms with Crippen molar-refractivity contribution < 1.29 is 9.18 Å². The zero-order chi connectivity index (χ0) is 12.3. The predicted octanol–water partition coefficient (Wildman–Crippen LogP) is 3.34. The fourth-order valence-electron chi connectivity index (χ4n) is 1.08. The van der Waals surface area contributed by atoms with Crippen LogP contribution in [0.4, 0.5) is 10.1 Å². The van der Waals surface area contributed by atoms with Gasteiger partial charge in [-0.15, -0.1) is 11.6 Å². The summed E-state index contributed by atoms with van der Waals surface area (Å²) in [5, 5.41) is 2.68. The van der Waals surface area contributed by atoms with Gasteiger partial charge >= 0.3 is 0 Å². The van der Waals surface area contributed by atoms with Gasteiger partial charge in [-0.25, -0.2) is 4.39 Å². The minimum Gasteiger partial charge on any atom is -0.325 e. The van der Waals surface area contributed by atoms with Gasteiger partial charge in [0, 0.05) is 11.6 Å². The molecule has 0 saturated heterocycles. The SMILES string of the molecule is Cc1ccc(F)cc1NC(=O)C(C)(C)CCl. The number of anilines is 1. The summed E-state index contributed by atoms with van der Waals surface area (Å²) in [6.45, 7) is 5.29. The minimum absolute atomic E-state index is 0.212. The van der Waals surface area contributed by atoms with Gasteiger partial charge in [0.25, 0.3) is 0 Å². The smallest absolute Gasteiger partial charge is 0.231 e.